The van der Waals surface area contributed by atoms with Crippen LogP contribution in [-0.4, -0.2) is 14.2 Å². The number of anilines is 1. The molecule has 0 saturated heterocycles. The van der Waals surface area contributed by atoms with Crippen molar-refractivity contribution in [3.63, 3.8) is 0 Å². The number of carbonyl (C=O) groups excluding carboxylic acids is 1. The molecule has 0 aliphatic carbocycles. The third-order valence-corrected chi connectivity index (χ3v) is 4.41. The van der Waals surface area contributed by atoms with Crippen LogP contribution in [0.1, 0.15) is 28.4 Å². The molecule has 0 amide bonds. The Hall–Kier alpha value is -2.14. The van der Waals surface area contributed by atoms with Crippen molar-refractivity contribution in [2.45, 2.75) is 25.7 Å². The number of nitrogens with one attached hydrogen (secondary N) is 1. The van der Waals surface area contributed by atoms with Crippen molar-refractivity contribution < 1.29 is 13.2 Å². The van der Waals surface area contributed by atoms with Crippen molar-refractivity contribution in [1.29, 1.82) is 0 Å². The molecule has 2 rings (SSSR count). The van der Waals surface area contributed by atoms with Crippen molar-refractivity contribution in [1.82, 2.24) is 0 Å². The molecule has 1 N–H and O–H groups in total. The van der Waals surface area contributed by atoms with Gasteiger partial charge >= 0.3 is 0 Å². The Morgan fingerprint density at radius 2 is 1.48 bits per heavy atom. The van der Waals surface area contributed by atoms with Crippen molar-refractivity contribution in [2.75, 3.05) is 4.72 Å². The molecule has 0 spiro atoms. The van der Waals surface area contributed by atoms with E-state index in [0.717, 1.165) is 11.1 Å². The third kappa shape index (κ3) is 3.70. The summed E-state index contributed by atoms with van der Waals surface area (Å²) in [5, 5.41) is 0. The second-order valence-electron chi connectivity index (χ2n) is 5.06. The standard InChI is InChI=1S/C16H17NO3S/c1-11-8-12(2)10-16(9-11)21(19,20)17-15-6-4-14(5-7-15)13(3)18/h4-10,17H,1-3H3. The lowest BCUT2D eigenvalue weighted by atomic mass is 10.1. The van der Waals surface area contributed by atoms with Gasteiger partial charge in [0.15, 0.2) is 5.78 Å². The molecule has 0 unspecified atom stereocenters. The number of benzene rings is 2. The number of carbonyl (C=O) groups is 1. The van der Waals surface area contributed by atoms with E-state index in [0.29, 0.717) is 11.3 Å². The van der Waals surface area contributed by atoms with Gasteiger partial charge in [-0.15, -0.1) is 0 Å². The van der Waals surface area contributed by atoms with E-state index in [1.54, 1.807) is 36.4 Å². The fourth-order valence-electron chi connectivity index (χ4n) is 2.08. The van der Waals surface area contributed by atoms with Crippen molar-refractivity contribution in [3.8, 4) is 0 Å². The summed E-state index contributed by atoms with van der Waals surface area (Å²) in [6, 6.07) is 11.5. The minimum Gasteiger partial charge on any atom is -0.295 e. The Balaban J connectivity index is 2.30. The summed E-state index contributed by atoms with van der Waals surface area (Å²) in [5.74, 6) is -0.0567. The molecule has 110 valence electrons. The van der Waals surface area contributed by atoms with E-state index in [9.17, 15) is 13.2 Å². The molecule has 0 bridgehead atoms. The van der Waals surface area contributed by atoms with Gasteiger partial charge in [-0.3, -0.25) is 9.52 Å². The topological polar surface area (TPSA) is 63.2 Å². The molecular weight excluding hydrogens is 286 g/mol. The van der Waals surface area contributed by atoms with Gasteiger partial charge in [-0.2, -0.15) is 0 Å². The zero-order valence-electron chi connectivity index (χ0n) is 12.2. The van der Waals surface area contributed by atoms with E-state index < -0.39 is 10.0 Å². The SMILES string of the molecule is CC(=O)c1ccc(NS(=O)(=O)c2cc(C)cc(C)c2)cc1. The van der Waals surface area contributed by atoms with E-state index in [4.69, 9.17) is 0 Å². The van der Waals surface area contributed by atoms with Gasteiger partial charge in [0.1, 0.15) is 0 Å². The van der Waals surface area contributed by atoms with Crippen LogP contribution in [0.2, 0.25) is 0 Å². The molecule has 0 aliphatic heterocycles. The van der Waals surface area contributed by atoms with E-state index in [-0.39, 0.29) is 10.7 Å². The van der Waals surface area contributed by atoms with Crippen LogP contribution < -0.4 is 4.72 Å². The Labute approximate surface area is 124 Å². The second kappa shape index (κ2) is 5.69. The fraction of sp³-hybridized carbons (Fsp3) is 0.188. The molecular formula is C16H17NO3S. The van der Waals surface area contributed by atoms with Crippen LogP contribution in [0.5, 0.6) is 0 Å². The first-order chi connectivity index (χ1) is 9.78. The molecule has 0 atom stereocenters. The number of sulfonamides is 1. The number of Topliss-reactive ketones (excluding diaryl/α,β-unsaturated/α-hetero) is 1. The summed E-state index contributed by atoms with van der Waals surface area (Å²) in [4.78, 5) is 11.4. The lowest BCUT2D eigenvalue weighted by Crippen LogP contribution is -2.13. The van der Waals surface area contributed by atoms with Crippen LogP contribution in [0.15, 0.2) is 47.4 Å². The zero-order valence-corrected chi connectivity index (χ0v) is 13.0. The summed E-state index contributed by atoms with van der Waals surface area (Å²) in [6.07, 6.45) is 0. The zero-order chi connectivity index (χ0) is 15.6. The maximum absolute atomic E-state index is 12.3. The van der Waals surface area contributed by atoms with Crippen LogP contribution in [0, 0.1) is 13.8 Å². The molecule has 0 fully saturated rings. The highest BCUT2D eigenvalue weighted by Gasteiger charge is 2.15. The van der Waals surface area contributed by atoms with E-state index in [2.05, 4.69) is 4.72 Å². The average Bonchev–Trinajstić information content (AvgIpc) is 2.37. The van der Waals surface area contributed by atoms with Gasteiger partial charge in [-0.1, -0.05) is 6.07 Å². The van der Waals surface area contributed by atoms with Gasteiger partial charge in [0.25, 0.3) is 10.0 Å². The van der Waals surface area contributed by atoms with Crippen molar-refractivity contribution in [2.24, 2.45) is 0 Å². The molecule has 0 heterocycles. The molecule has 2 aromatic rings. The van der Waals surface area contributed by atoms with Crippen LogP contribution in [0.4, 0.5) is 5.69 Å². The Bertz CT molecular complexity index is 757. The maximum Gasteiger partial charge on any atom is 0.261 e. The predicted octanol–water partition coefficient (Wildman–Crippen LogP) is 3.31. The Morgan fingerprint density at radius 3 is 1.95 bits per heavy atom. The monoisotopic (exact) mass is 303 g/mol. The fourth-order valence-corrected chi connectivity index (χ4v) is 3.32. The number of hydrogen-bond acceptors (Lipinski definition) is 3. The van der Waals surface area contributed by atoms with E-state index in [1.807, 2.05) is 19.9 Å². The number of aryl methyl sites for hydroxylation is 2. The van der Waals surface area contributed by atoms with Crippen molar-refractivity contribution in [3.05, 3.63) is 59.2 Å². The number of ketones is 1. The van der Waals surface area contributed by atoms with Crippen LogP contribution in [0.25, 0.3) is 0 Å². The first-order valence-electron chi connectivity index (χ1n) is 6.50. The van der Waals surface area contributed by atoms with Gasteiger partial charge in [0.05, 0.1) is 4.90 Å². The number of hydrogen-bond donors (Lipinski definition) is 1. The predicted molar refractivity (Wildman–Crippen MR) is 83.2 cm³/mol. The third-order valence-electron chi connectivity index (χ3n) is 3.05. The summed E-state index contributed by atoms with van der Waals surface area (Å²) in [6.45, 7) is 5.18. The molecule has 5 heteroatoms. The normalized spacial score (nSPS) is 11.2. The number of rotatable bonds is 4. The van der Waals surface area contributed by atoms with Gasteiger partial charge in [0, 0.05) is 11.3 Å². The summed E-state index contributed by atoms with van der Waals surface area (Å²) in [7, 11) is -3.63. The minimum atomic E-state index is -3.63. The highest BCUT2D eigenvalue weighted by Crippen LogP contribution is 2.19. The lowest BCUT2D eigenvalue weighted by molar-refractivity contribution is 0.101. The molecule has 21 heavy (non-hydrogen) atoms. The molecule has 4 nitrogen and oxygen atoms in total. The van der Waals surface area contributed by atoms with Crippen LogP contribution >= 0.6 is 0 Å². The summed E-state index contributed by atoms with van der Waals surface area (Å²) >= 11 is 0. The largest absolute Gasteiger partial charge is 0.295 e. The summed E-state index contributed by atoms with van der Waals surface area (Å²) < 4.78 is 27.2. The minimum absolute atomic E-state index is 0.0567. The molecule has 0 aromatic heterocycles. The van der Waals surface area contributed by atoms with Gasteiger partial charge < -0.3 is 0 Å². The van der Waals surface area contributed by atoms with Gasteiger partial charge in [-0.25, -0.2) is 8.42 Å². The van der Waals surface area contributed by atoms with E-state index in [1.165, 1.54) is 6.92 Å². The quantitative estimate of drug-likeness (QED) is 0.881. The molecule has 2 aromatic carbocycles. The Kier molecular flexibility index (Phi) is 4.14. The first-order valence-corrected chi connectivity index (χ1v) is 7.98. The average molecular weight is 303 g/mol. The Morgan fingerprint density at radius 1 is 0.952 bits per heavy atom. The first kappa shape index (κ1) is 15.3. The van der Waals surface area contributed by atoms with Crippen LogP contribution in [-0.2, 0) is 10.0 Å². The maximum atomic E-state index is 12.3. The summed E-state index contributed by atoms with van der Waals surface area (Å²) in [5.41, 5.74) is 2.76. The lowest BCUT2D eigenvalue weighted by Gasteiger charge is -2.10. The molecule has 0 radical (unpaired) electrons. The highest BCUT2D eigenvalue weighted by molar-refractivity contribution is 7.92. The van der Waals surface area contributed by atoms with Crippen molar-refractivity contribution >= 4 is 21.5 Å². The van der Waals surface area contributed by atoms with Crippen LogP contribution in [0.3, 0.4) is 0 Å². The second-order valence-corrected chi connectivity index (χ2v) is 6.74. The smallest absolute Gasteiger partial charge is 0.261 e. The van der Waals surface area contributed by atoms with Gasteiger partial charge in [-0.05, 0) is 68.3 Å². The highest BCUT2D eigenvalue weighted by atomic mass is 32.2. The molecule has 0 aliphatic rings. The van der Waals surface area contributed by atoms with E-state index >= 15 is 0 Å². The van der Waals surface area contributed by atoms with Gasteiger partial charge in [0.2, 0.25) is 0 Å². The molecule has 0 saturated carbocycles.